The van der Waals surface area contributed by atoms with Crippen LogP contribution in [0.1, 0.15) is 12.7 Å². The van der Waals surface area contributed by atoms with Crippen molar-refractivity contribution in [2.45, 2.75) is 13.5 Å². The smallest absolute Gasteiger partial charge is 0.321 e. The second-order valence-electron chi connectivity index (χ2n) is 5.78. The molecule has 3 heterocycles. The monoisotopic (exact) mass is 336 g/mol. The van der Waals surface area contributed by atoms with Crippen molar-refractivity contribution >= 4 is 34.2 Å². The van der Waals surface area contributed by atoms with Gasteiger partial charge in [-0.1, -0.05) is 6.07 Å². The molecular formula is C17H18N7O+. The molecule has 8 heteroatoms. The first-order chi connectivity index (χ1) is 12.2. The fourth-order valence-electron chi connectivity index (χ4n) is 2.90. The predicted molar refractivity (Wildman–Crippen MR) is 96.6 cm³/mol. The second kappa shape index (κ2) is 5.90. The molecule has 3 aromatic heterocycles. The average molecular weight is 336 g/mol. The van der Waals surface area contributed by atoms with Crippen LogP contribution in [0.5, 0.6) is 0 Å². The minimum atomic E-state index is 0.402. The quantitative estimate of drug-likeness (QED) is 0.259. The number of nitrogens with two attached hydrogens (primary N) is 1. The van der Waals surface area contributed by atoms with Gasteiger partial charge < -0.3 is 15.8 Å². The van der Waals surface area contributed by atoms with E-state index >= 15 is 0 Å². The Morgan fingerprint density at radius 1 is 1.28 bits per heavy atom. The highest BCUT2D eigenvalue weighted by Gasteiger charge is 2.15. The van der Waals surface area contributed by atoms with Crippen LogP contribution in [0.3, 0.4) is 0 Å². The van der Waals surface area contributed by atoms with E-state index in [9.17, 15) is 5.11 Å². The van der Waals surface area contributed by atoms with Crippen molar-refractivity contribution in [2.75, 3.05) is 12.3 Å². The maximum absolute atomic E-state index is 9.22. The number of aromatic nitrogens is 5. The van der Waals surface area contributed by atoms with E-state index in [1.54, 1.807) is 10.8 Å². The van der Waals surface area contributed by atoms with Crippen LogP contribution in [0.2, 0.25) is 0 Å². The lowest BCUT2D eigenvalue weighted by Crippen LogP contribution is -2.13. The van der Waals surface area contributed by atoms with Crippen molar-refractivity contribution in [1.82, 2.24) is 25.1 Å². The molecule has 0 atom stereocenters. The first kappa shape index (κ1) is 15.1. The fraction of sp³-hybridized carbons (Fsp3) is 0.176. The minimum Gasteiger partial charge on any atom is -0.466 e. The molecule has 0 aliphatic carbocycles. The van der Waals surface area contributed by atoms with Gasteiger partial charge in [-0.3, -0.25) is 5.10 Å². The van der Waals surface area contributed by atoms with Gasteiger partial charge in [0.1, 0.15) is 23.4 Å². The Bertz CT molecular complexity index is 1080. The van der Waals surface area contributed by atoms with Crippen molar-refractivity contribution in [3.63, 3.8) is 0 Å². The van der Waals surface area contributed by atoms with Gasteiger partial charge in [-0.05, 0) is 25.1 Å². The zero-order valence-electron chi connectivity index (χ0n) is 13.7. The zero-order valence-corrected chi connectivity index (χ0v) is 13.7. The normalized spacial score (nSPS) is 12.3. The highest BCUT2D eigenvalue weighted by Crippen LogP contribution is 2.29. The number of rotatable bonds is 4. The lowest BCUT2D eigenvalue weighted by Gasteiger charge is -2.03. The van der Waals surface area contributed by atoms with E-state index in [1.165, 1.54) is 0 Å². The van der Waals surface area contributed by atoms with E-state index < -0.39 is 0 Å². The van der Waals surface area contributed by atoms with Crippen LogP contribution in [0.25, 0.3) is 33.2 Å². The van der Waals surface area contributed by atoms with Gasteiger partial charge in [-0.2, -0.15) is 9.67 Å². The topological polar surface area (TPSA) is 120 Å². The maximum Gasteiger partial charge on any atom is 0.321 e. The summed E-state index contributed by atoms with van der Waals surface area (Å²) in [6, 6.07) is 7.86. The highest BCUT2D eigenvalue weighted by molar-refractivity contribution is 6.06. The molecule has 0 unspecified atom stereocenters. The van der Waals surface area contributed by atoms with Crippen molar-refractivity contribution in [3.05, 3.63) is 36.3 Å². The summed E-state index contributed by atoms with van der Waals surface area (Å²) in [5.41, 5.74) is 10.3. The number of aliphatic hydroxyl groups excluding tert-OH is 1. The molecule has 0 radical (unpaired) electrons. The molecule has 0 fully saturated rings. The van der Waals surface area contributed by atoms with Crippen LogP contribution < -0.4 is 5.73 Å². The molecule has 5 N–H and O–H groups in total. The lowest BCUT2D eigenvalue weighted by atomic mass is 10.1. The molecule has 4 aromatic rings. The molecule has 126 valence electrons. The van der Waals surface area contributed by atoms with Gasteiger partial charge in [0.05, 0.1) is 11.2 Å². The number of aromatic amines is 2. The molecule has 0 saturated heterocycles. The summed E-state index contributed by atoms with van der Waals surface area (Å²) in [5, 5.41) is 17.1. The number of H-pyrrole nitrogens is 2. The van der Waals surface area contributed by atoms with Gasteiger partial charge in [0.2, 0.25) is 6.54 Å². The number of nitrogens with one attached hydrogen (secondary N) is 2. The van der Waals surface area contributed by atoms with E-state index in [1.807, 2.05) is 31.2 Å². The van der Waals surface area contributed by atoms with Crippen LogP contribution >= 0.6 is 0 Å². The van der Waals surface area contributed by atoms with Crippen molar-refractivity contribution in [1.29, 1.82) is 0 Å². The van der Waals surface area contributed by atoms with E-state index in [0.29, 0.717) is 24.4 Å². The number of pyridine rings is 1. The number of nitrogen functional groups attached to an aromatic ring is 1. The summed E-state index contributed by atoms with van der Waals surface area (Å²) in [4.78, 5) is 12.4. The Kier molecular flexibility index (Phi) is 3.57. The van der Waals surface area contributed by atoms with E-state index in [-0.39, 0.29) is 0 Å². The van der Waals surface area contributed by atoms with Crippen molar-refractivity contribution in [3.8, 4) is 11.3 Å². The summed E-state index contributed by atoms with van der Waals surface area (Å²) in [5.74, 6) is 1.12. The highest BCUT2D eigenvalue weighted by atomic mass is 16.3. The Balaban J connectivity index is 1.86. The average Bonchev–Trinajstić information content (AvgIpc) is 3.29. The molecular weight excluding hydrogens is 318 g/mol. The predicted octanol–water partition coefficient (Wildman–Crippen LogP) is 2.20. The van der Waals surface area contributed by atoms with Crippen LogP contribution in [-0.4, -0.2) is 47.8 Å². The summed E-state index contributed by atoms with van der Waals surface area (Å²) in [6.45, 7) is 3.10. The van der Waals surface area contributed by atoms with Crippen LogP contribution in [0.4, 0.5) is 5.82 Å². The Hall–Kier alpha value is -3.42. The summed E-state index contributed by atoms with van der Waals surface area (Å²) in [6.07, 6.45) is 2.77. The Morgan fingerprint density at radius 2 is 2.16 bits per heavy atom. The van der Waals surface area contributed by atoms with Gasteiger partial charge in [0.15, 0.2) is 5.82 Å². The van der Waals surface area contributed by atoms with Gasteiger partial charge in [-0.25, -0.2) is 9.97 Å². The Morgan fingerprint density at radius 3 is 2.88 bits per heavy atom. The minimum absolute atomic E-state index is 0.402. The molecule has 0 aliphatic rings. The third kappa shape index (κ3) is 2.57. The van der Waals surface area contributed by atoms with Gasteiger partial charge in [-0.15, -0.1) is 0 Å². The fourth-order valence-corrected chi connectivity index (χ4v) is 2.90. The number of benzene rings is 1. The van der Waals surface area contributed by atoms with E-state index in [4.69, 9.17) is 5.73 Å². The summed E-state index contributed by atoms with van der Waals surface area (Å²) < 4.78 is 1.74. The third-order valence-electron chi connectivity index (χ3n) is 4.24. The van der Waals surface area contributed by atoms with E-state index in [0.717, 1.165) is 39.9 Å². The number of hydrogen-bond acceptors (Lipinski definition) is 4. The molecule has 0 aliphatic heterocycles. The van der Waals surface area contributed by atoms with E-state index in [2.05, 4.69) is 25.1 Å². The molecule has 1 aromatic carbocycles. The number of hydrogen-bond donors (Lipinski definition) is 4. The first-order valence-corrected chi connectivity index (χ1v) is 7.98. The zero-order chi connectivity index (χ0) is 17.4. The standard InChI is InChI=1S/C17H17N7O/c1-2-24(9-25)8-14-21-15-11-4-3-10(12-5-6-19-23-12)7-13(11)20-17(18)16(15)22-14/h3-7,9H,2,8H2,1H3,(H4,18,19,20,21,22,23)/p+1. The molecule has 0 spiro atoms. The number of imidazole rings is 1. The maximum atomic E-state index is 9.22. The molecule has 8 nitrogen and oxygen atoms in total. The number of fused-ring (bicyclic) bond motifs is 3. The van der Waals surface area contributed by atoms with Crippen LogP contribution in [0, 0.1) is 0 Å². The molecule has 0 bridgehead atoms. The lowest BCUT2D eigenvalue weighted by molar-refractivity contribution is -0.543. The molecule has 4 rings (SSSR count). The van der Waals surface area contributed by atoms with Gasteiger partial charge >= 0.3 is 6.40 Å². The summed E-state index contributed by atoms with van der Waals surface area (Å²) in [7, 11) is 0. The molecule has 25 heavy (non-hydrogen) atoms. The van der Waals surface area contributed by atoms with Crippen molar-refractivity contribution < 1.29 is 9.68 Å². The number of nitrogens with zero attached hydrogens (tertiary/aromatic N) is 4. The third-order valence-corrected chi connectivity index (χ3v) is 4.24. The molecule has 0 saturated carbocycles. The second-order valence-corrected chi connectivity index (χ2v) is 5.78. The molecule has 0 amide bonds. The SMILES string of the molecule is CC[N+](=CO)Cc1nc2c([nH]1)c(N)nc1cc(-c3ccn[nH]3)ccc12. The van der Waals surface area contributed by atoms with Crippen molar-refractivity contribution in [2.24, 2.45) is 0 Å². The van der Waals surface area contributed by atoms with Crippen LogP contribution in [0.15, 0.2) is 30.5 Å². The van der Waals surface area contributed by atoms with Crippen LogP contribution in [-0.2, 0) is 6.54 Å². The summed E-state index contributed by atoms with van der Waals surface area (Å²) >= 11 is 0. The Labute approximate surface area is 143 Å². The first-order valence-electron chi connectivity index (χ1n) is 7.98. The van der Waals surface area contributed by atoms with Gasteiger partial charge in [0.25, 0.3) is 0 Å². The number of anilines is 1. The largest absolute Gasteiger partial charge is 0.466 e. The van der Waals surface area contributed by atoms with Gasteiger partial charge in [0, 0.05) is 17.1 Å². The number of aliphatic hydroxyl groups is 1.